The van der Waals surface area contributed by atoms with Gasteiger partial charge in [0.2, 0.25) is 0 Å². The number of ether oxygens (including phenoxy) is 1. The van der Waals surface area contributed by atoms with Crippen molar-refractivity contribution in [3.05, 3.63) is 12.7 Å². The Balaban J connectivity index is 3.74. The molecule has 4 nitrogen and oxygen atoms in total. The van der Waals surface area contributed by atoms with Gasteiger partial charge in [-0.1, -0.05) is 20.4 Å². The molecule has 0 aliphatic heterocycles. The Morgan fingerprint density at radius 2 is 2.08 bits per heavy atom. The normalized spacial score (nSPS) is 11.0. The van der Waals surface area contributed by atoms with Gasteiger partial charge in [0.1, 0.15) is 0 Å². The maximum Gasteiger partial charge on any atom is 0.330 e. The van der Waals surface area contributed by atoms with Crippen molar-refractivity contribution in [3.63, 3.8) is 0 Å². The van der Waals surface area contributed by atoms with Crippen LogP contribution >= 0.6 is 0 Å². The van der Waals surface area contributed by atoms with Gasteiger partial charge in [-0.25, -0.2) is 14.6 Å². The summed E-state index contributed by atoms with van der Waals surface area (Å²) in [5.41, 5.74) is -0.255. The highest BCUT2D eigenvalue weighted by molar-refractivity contribution is 5.81. The molecule has 0 unspecified atom stereocenters. The fraction of sp³-hybridized carbons (Fsp3) is 0.667. The first kappa shape index (κ1) is 12.1. The van der Waals surface area contributed by atoms with Crippen LogP contribution in [0.25, 0.3) is 0 Å². The summed E-state index contributed by atoms with van der Waals surface area (Å²) in [6.45, 7) is 7.75. The predicted octanol–water partition coefficient (Wildman–Crippen LogP) is 1.32. The molecule has 0 aliphatic carbocycles. The van der Waals surface area contributed by atoms with E-state index in [4.69, 9.17) is 9.62 Å². The number of hydrogen-bond acceptors (Lipinski definition) is 4. The molecule has 0 atom stereocenters. The number of hydrogen-bond donors (Lipinski definition) is 0. The summed E-state index contributed by atoms with van der Waals surface area (Å²) in [5, 5.41) is 0. The smallest absolute Gasteiger partial charge is 0.330 e. The van der Waals surface area contributed by atoms with Gasteiger partial charge in [0.25, 0.3) is 0 Å². The third-order valence-corrected chi connectivity index (χ3v) is 1.34. The number of esters is 1. The van der Waals surface area contributed by atoms with Crippen molar-refractivity contribution in [3.8, 4) is 0 Å². The van der Waals surface area contributed by atoms with E-state index < -0.39 is 5.97 Å². The molecule has 0 heterocycles. The molecule has 0 rings (SSSR count). The zero-order valence-corrected chi connectivity index (χ0v) is 8.33. The second kappa shape index (κ2) is 5.72. The lowest BCUT2D eigenvalue weighted by molar-refractivity contribution is -0.289. The zero-order valence-electron chi connectivity index (χ0n) is 8.33. The molecule has 0 saturated carbocycles. The summed E-state index contributed by atoms with van der Waals surface area (Å²) in [6.07, 6.45) is 1.13. The largest absolute Gasteiger partial charge is 0.462 e. The van der Waals surface area contributed by atoms with Crippen molar-refractivity contribution < 1.29 is 19.3 Å². The van der Waals surface area contributed by atoms with Crippen molar-refractivity contribution >= 4 is 5.97 Å². The van der Waals surface area contributed by atoms with Gasteiger partial charge in [0.15, 0.2) is 0 Å². The average Bonchev–Trinajstić information content (AvgIpc) is 2.11. The fourth-order valence-corrected chi connectivity index (χ4v) is 0.586. The van der Waals surface area contributed by atoms with Crippen molar-refractivity contribution in [1.82, 2.24) is 0 Å². The summed E-state index contributed by atoms with van der Waals surface area (Å²) in [7, 11) is 1.44. The second-order valence-electron chi connectivity index (χ2n) is 3.40. The highest BCUT2D eigenvalue weighted by atomic mass is 17.2. The molecule has 0 aromatic rings. The minimum absolute atomic E-state index is 0.255. The number of carbonyl (C=O) groups excluding carboxylic acids is 1. The van der Waals surface area contributed by atoms with Gasteiger partial charge in [-0.05, 0) is 0 Å². The van der Waals surface area contributed by atoms with Crippen LogP contribution in [0.4, 0.5) is 0 Å². The van der Waals surface area contributed by atoms with Gasteiger partial charge in [-0.15, -0.1) is 0 Å². The molecule has 0 aromatic heterocycles. The Morgan fingerprint density at radius 1 is 1.46 bits per heavy atom. The first-order valence-corrected chi connectivity index (χ1v) is 3.96. The molecule has 0 spiro atoms. The first-order valence-electron chi connectivity index (χ1n) is 3.96. The molecule has 0 aliphatic rings. The number of carbonyl (C=O) groups is 1. The van der Waals surface area contributed by atoms with Crippen LogP contribution in [0.2, 0.25) is 0 Å². The molecule has 0 amide bonds. The second-order valence-corrected chi connectivity index (χ2v) is 3.40. The molecule has 13 heavy (non-hydrogen) atoms. The molecule has 0 bridgehead atoms. The lowest BCUT2D eigenvalue weighted by Gasteiger charge is -2.22. The van der Waals surface area contributed by atoms with Gasteiger partial charge < -0.3 is 4.74 Å². The summed E-state index contributed by atoms with van der Waals surface area (Å²) >= 11 is 0. The van der Waals surface area contributed by atoms with Crippen LogP contribution < -0.4 is 0 Å². The quantitative estimate of drug-likeness (QED) is 0.273. The Labute approximate surface area is 78.4 Å². The minimum Gasteiger partial charge on any atom is -0.462 e. The highest BCUT2D eigenvalue weighted by Gasteiger charge is 2.20. The van der Waals surface area contributed by atoms with Crippen LogP contribution in [0.15, 0.2) is 12.7 Å². The van der Waals surface area contributed by atoms with E-state index in [1.165, 1.54) is 7.11 Å². The van der Waals surface area contributed by atoms with E-state index in [0.29, 0.717) is 6.61 Å². The van der Waals surface area contributed by atoms with Gasteiger partial charge in [0.05, 0.1) is 20.3 Å². The van der Waals surface area contributed by atoms with Gasteiger partial charge >= 0.3 is 5.97 Å². The average molecular weight is 188 g/mol. The van der Waals surface area contributed by atoms with Gasteiger partial charge in [-0.3, -0.25) is 0 Å². The predicted molar refractivity (Wildman–Crippen MR) is 47.9 cm³/mol. The van der Waals surface area contributed by atoms with E-state index in [0.717, 1.165) is 6.08 Å². The Kier molecular flexibility index (Phi) is 5.34. The topological polar surface area (TPSA) is 44.8 Å². The Bertz CT molecular complexity index is 174. The standard InChI is InChI=1S/C9H16O4/c1-5-8(10)12-6-9(2,3)7-13-11-4/h5H,1,6-7H2,2-4H3. The lowest BCUT2D eigenvalue weighted by Crippen LogP contribution is -2.26. The van der Waals surface area contributed by atoms with Crippen LogP contribution in [0.3, 0.4) is 0 Å². The highest BCUT2D eigenvalue weighted by Crippen LogP contribution is 2.15. The molecule has 0 aromatic carbocycles. The van der Waals surface area contributed by atoms with E-state index in [9.17, 15) is 4.79 Å². The van der Waals surface area contributed by atoms with E-state index in [-0.39, 0.29) is 12.0 Å². The maximum atomic E-state index is 10.7. The summed E-state index contributed by atoms with van der Waals surface area (Å²) < 4.78 is 4.86. The Morgan fingerprint density at radius 3 is 2.54 bits per heavy atom. The summed E-state index contributed by atoms with van der Waals surface area (Å²) in [5.74, 6) is -0.425. The fourth-order valence-electron chi connectivity index (χ4n) is 0.586. The lowest BCUT2D eigenvalue weighted by atomic mass is 9.97. The van der Waals surface area contributed by atoms with Crippen molar-refractivity contribution in [2.24, 2.45) is 5.41 Å². The summed E-state index contributed by atoms with van der Waals surface area (Å²) in [4.78, 5) is 19.9. The minimum atomic E-state index is -0.425. The molecule has 4 heteroatoms. The van der Waals surface area contributed by atoms with E-state index in [1.54, 1.807) is 0 Å². The third-order valence-electron chi connectivity index (χ3n) is 1.34. The number of rotatable bonds is 6. The zero-order chi connectivity index (χ0) is 10.3. The molecule has 0 N–H and O–H groups in total. The Hall–Kier alpha value is -0.870. The van der Waals surface area contributed by atoms with E-state index in [2.05, 4.69) is 11.5 Å². The van der Waals surface area contributed by atoms with Crippen LogP contribution in [0, 0.1) is 5.41 Å². The molecular weight excluding hydrogens is 172 g/mol. The molecular formula is C9H16O4. The van der Waals surface area contributed by atoms with Crippen molar-refractivity contribution in [1.29, 1.82) is 0 Å². The van der Waals surface area contributed by atoms with Crippen LogP contribution in [0.1, 0.15) is 13.8 Å². The van der Waals surface area contributed by atoms with Gasteiger partial charge in [-0.2, -0.15) is 0 Å². The maximum absolute atomic E-state index is 10.7. The van der Waals surface area contributed by atoms with Crippen LogP contribution in [0.5, 0.6) is 0 Å². The SMILES string of the molecule is C=CC(=O)OCC(C)(C)COOC. The first-order chi connectivity index (χ1) is 6.02. The summed E-state index contributed by atoms with van der Waals surface area (Å²) in [6, 6.07) is 0. The molecule has 0 radical (unpaired) electrons. The molecule has 0 saturated heterocycles. The van der Waals surface area contributed by atoms with Crippen molar-refractivity contribution in [2.45, 2.75) is 13.8 Å². The van der Waals surface area contributed by atoms with E-state index >= 15 is 0 Å². The van der Waals surface area contributed by atoms with Gasteiger partial charge in [0, 0.05) is 11.5 Å². The van der Waals surface area contributed by atoms with E-state index in [1.807, 2.05) is 13.8 Å². The molecule has 0 fully saturated rings. The molecule has 76 valence electrons. The van der Waals surface area contributed by atoms with Crippen molar-refractivity contribution in [2.75, 3.05) is 20.3 Å². The monoisotopic (exact) mass is 188 g/mol. The third kappa shape index (κ3) is 6.31. The van der Waals surface area contributed by atoms with Crippen LogP contribution in [-0.4, -0.2) is 26.3 Å². The van der Waals surface area contributed by atoms with Crippen LogP contribution in [-0.2, 0) is 19.3 Å².